The number of carbonyl (C=O) groups excluding carboxylic acids is 1. The minimum Gasteiger partial charge on any atom is -0.494 e. The Hall–Kier alpha value is -3.37. The van der Waals surface area contributed by atoms with Crippen molar-refractivity contribution >= 4 is 11.6 Å². The lowest BCUT2D eigenvalue weighted by Crippen LogP contribution is -2.15. The average molecular weight is 439 g/mol. The van der Waals surface area contributed by atoms with Crippen LogP contribution in [-0.4, -0.2) is 32.1 Å². The summed E-state index contributed by atoms with van der Waals surface area (Å²) >= 11 is 0. The molecule has 2 aromatic heterocycles. The minimum absolute atomic E-state index is 0.0371. The van der Waals surface area contributed by atoms with Gasteiger partial charge in [0.1, 0.15) is 17.1 Å². The Morgan fingerprint density at radius 1 is 1.23 bits per heavy atom. The zero-order valence-electron chi connectivity index (χ0n) is 17.1. The van der Waals surface area contributed by atoms with E-state index in [2.05, 4.69) is 15.5 Å². The van der Waals surface area contributed by atoms with E-state index < -0.39 is 35.3 Å². The van der Waals surface area contributed by atoms with Gasteiger partial charge in [0.2, 0.25) is 0 Å². The number of nitrogens with zero attached hydrogens (tertiary/aromatic N) is 4. The molecule has 0 saturated heterocycles. The molecule has 166 valence electrons. The van der Waals surface area contributed by atoms with Crippen molar-refractivity contribution in [2.75, 3.05) is 11.9 Å². The Morgan fingerprint density at radius 2 is 1.90 bits per heavy atom. The van der Waals surface area contributed by atoms with Crippen molar-refractivity contribution in [3.8, 4) is 11.4 Å². The van der Waals surface area contributed by atoms with E-state index >= 15 is 0 Å². The number of aryl methyl sites for hydroxylation is 1. The van der Waals surface area contributed by atoms with E-state index in [0.717, 1.165) is 21.5 Å². The molecule has 0 aliphatic carbocycles. The molecule has 2 heterocycles. The van der Waals surface area contributed by atoms with Crippen molar-refractivity contribution in [1.82, 2.24) is 19.6 Å². The first-order valence-electron chi connectivity index (χ1n) is 9.58. The van der Waals surface area contributed by atoms with Gasteiger partial charge in [-0.1, -0.05) is 13.3 Å². The molecule has 7 nitrogen and oxygen atoms in total. The van der Waals surface area contributed by atoms with Gasteiger partial charge in [-0.05, 0) is 13.3 Å². The number of nitrogens with one attached hydrogen (secondary N) is 1. The van der Waals surface area contributed by atoms with Crippen LogP contribution >= 0.6 is 0 Å². The van der Waals surface area contributed by atoms with Gasteiger partial charge in [-0.25, -0.2) is 22.2 Å². The summed E-state index contributed by atoms with van der Waals surface area (Å²) in [6.45, 7) is 3.77. The number of halogens is 4. The minimum atomic E-state index is -2.94. The second-order valence-electron chi connectivity index (χ2n) is 6.69. The quantitative estimate of drug-likeness (QED) is 0.527. The molecule has 0 atom stereocenters. The van der Waals surface area contributed by atoms with Crippen molar-refractivity contribution in [2.24, 2.45) is 7.05 Å². The average Bonchev–Trinajstić information content (AvgIpc) is 3.26. The molecule has 0 radical (unpaired) electrons. The highest BCUT2D eigenvalue weighted by molar-refractivity contribution is 6.05. The number of hydrogen-bond donors (Lipinski definition) is 1. The van der Waals surface area contributed by atoms with Crippen molar-refractivity contribution < 1.29 is 27.1 Å². The maximum atomic E-state index is 14.7. The predicted octanol–water partition coefficient (Wildman–Crippen LogP) is 4.43. The van der Waals surface area contributed by atoms with E-state index in [0.29, 0.717) is 18.5 Å². The molecule has 1 aromatic carbocycles. The Bertz CT molecular complexity index is 1070. The van der Waals surface area contributed by atoms with Gasteiger partial charge in [0, 0.05) is 25.4 Å². The highest BCUT2D eigenvalue weighted by Crippen LogP contribution is 2.29. The van der Waals surface area contributed by atoms with Gasteiger partial charge < -0.3 is 10.1 Å². The van der Waals surface area contributed by atoms with E-state index in [1.54, 1.807) is 6.92 Å². The number of ether oxygens (including phenoxy) is 1. The first kappa shape index (κ1) is 22.3. The Morgan fingerprint density at radius 3 is 2.48 bits per heavy atom. The first-order chi connectivity index (χ1) is 14.8. The predicted molar refractivity (Wildman–Crippen MR) is 105 cm³/mol. The molecule has 3 aromatic rings. The molecule has 0 aliphatic rings. The van der Waals surface area contributed by atoms with Crippen molar-refractivity contribution in [3.05, 3.63) is 53.1 Å². The standard InChI is InChI=1S/C20H21F4N5O2/c1-4-6-16-15(26-20(30)12-10-28(3)27-17(12)19(23)24)9-25-29(16)18-13(21)7-11(31-5-2)8-14(18)22/h7-10,19H,4-6H2,1-3H3,(H,26,30). The largest absolute Gasteiger partial charge is 0.494 e. The van der Waals surface area contributed by atoms with Crippen LogP contribution in [0.15, 0.2) is 24.5 Å². The van der Waals surface area contributed by atoms with E-state index in [-0.39, 0.29) is 23.6 Å². The smallest absolute Gasteiger partial charge is 0.282 e. The number of carbonyl (C=O) groups is 1. The number of rotatable bonds is 8. The topological polar surface area (TPSA) is 74.0 Å². The van der Waals surface area contributed by atoms with Gasteiger partial charge >= 0.3 is 0 Å². The van der Waals surface area contributed by atoms with Gasteiger partial charge in [0.15, 0.2) is 11.6 Å². The Kier molecular flexibility index (Phi) is 6.62. The van der Waals surface area contributed by atoms with Crippen LogP contribution in [0.5, 0.6) is 5.75 Å². The molecule has 0 fully saturated rings. The fourth-order valence-electron chi connectivity index (χ4n) is 3.17. The number of hydrogen-bond acceptors (Lipinski definition) is 4. The number of benzene rings is 1. The lowest BCUT2D eigenvalue weighted by Gasteiger charge is -2.13. The molecular formula is C20H21F4N5O2. The highest BCUT2D eigenvalue weighted by atomic mass is 19.3. The number of aromatic nitrogens is 4. The number of anilines is 1. The lowest BCUT2D eigenvalue weighted by atomic mass is 10.2. The van der Waals surface area contributed by atoms with E-state index in [1.165, 1.54) is 19.4 Å². The Labute approximate surface area is 175 Å². The fraction of sp³-hybridized carbons (Fsp3) is 0.350. The second-order valence-corrected chi connectivity index (χ2v) is 6.69. The van der Waals surface area contributed by atoms with Gasteiger partial charge in [-0.2, -0.15) is 10.2 Å². The summed E-state index contributed by atoms with van der Waals surface area (Å²) in [5.41, 5.74) is -0.912. The number of amides is 1. The van der Waals surface area contributed by atoms with Gasteiger partial charge in [0.25, 0.3) is 12.3 Å². The third kappa shape index (κ3) is 4.54. The molecule has 11 heteroatoms. The molecule has 1 amide bonds. The molecular weight excluding hydrogens is 418 g/mol. The van der Waals surface area contributed by atoms with Crippen LogP contribution < -0.4 is 10.1 Å². The van der Waals surface area contributed by atoms with E-state index in [4.69, 9.17) is 4.74 Å². The van der Waals surface area contributed by atoms with Crippen molar-refractivity contribution in [3.63, 3.8) is 0 Å². The summed E-state index contributed by atoms with van der Waals surface area (Å²) in [6, 6.07) is 2.09. The monoisotopic (exact) mass is 439 g/mol. The summed E-state index contributed by atoms with van der Waals surface area (Å²) in [5, 5.41) is 10.1. The summed E-state index contributed by atoms with van der Waals surface area (Å²) in [4.78, 5) is 12.6. The van der Waals surface area contributed by atoms with Crippen molar-refractivity contribution in [1.29, 1.82) is 0 Å². The molecule has 0 saturated carbocycles. The molecule has 0 aliphatic heterocycles. The maximum absolute atomic E-state index is 14.7. The molecule has 1 N–H and O–H groups in total. The van der Waals surface area contributed by atoms with E-state index in [9.17, 15) is 22.4 Å². The maximum Gasteiger partial charge on any atom is 0.282 e. The molecule has 31 heavy (non-hydrogen) atoms. The highest BCUT2D eigenvalue weighted by Gasteiger charge is 2.25. The third-order valence-corrected chi connectivity index (χ3v) is 4.43. The molecule has 0 unspecified atom stereocenters. The summed E-state index contributed by atoms with van der Waals surface area (Å²) in [5.74, 6) is -2.58. The van der Waals surface area contributed by atoms with Crippen LogP contribution in [0.4, 0.5) is 23.2 Å². The zero-order valence-corrected chi connectivity index (χ0v) is 17.1. The Balaban J connectivity index is 2.00. The van der Waals surface area contributed by atoms with Gasteiger partial charge in [0.05, 0.1) is 29.7 Å². The molecule has 0 spiro atoms. The first-order valence-corrected chi connectivity index (χ1v) is 9.58. The van der Waals surface area contributed by atoms with Crippen LogP contribution in [0.2, 0.25) is 0 Å². The van der Waals surface area contributed by atoms with Crippen LogP contribution in [0.1, 0.15) is 48.4 Å². The van der Waals surface area contributed by atoms with Gasteiger partial charge in [-0.15, -0.1) is 0 Å². The van der Waals surface area contributed by atoms with Crippen LogP contribution in [0.3, 0.4) is 0 Å². The van der Waals surface area contributed by atoms with Crippen LogP contribution in [0, 0.1) is 11.6 Å². The summed E-state index contributed by atoms with van der Waals surface area (Å²) in [6.07, 6.45) is 0.343. The molecule has 0 bridgehead atoms. The van der Waals surface area contributed by atoms with E-state index in [1.807, 2.05) is 6.92 Å². The SMILES string of the molecule is CCCc1c(NC(=O)c2cn(C)nc2C(F)F)cnn1-c1c(F)cc(OCC)cc1F. The molecule has 3 rings (SSSR count). The van der Waals surface area contributed by atoms with Crippen LogP contribution in [-0.2, 0) is 13.5 Å². The second kappa shape index (κ2) is 9.19. The normalized spacial score (nSPS) is 11.2. The van der Waals surface area contributed by atoms with Crippen LogP contribution in [0.25, 0.3) is 5.69 Å². The summed E-state index contributed by atoms with van der Waals surface area (Å²) < 4.78 is 63.0. The fourth-order valence-corrected chi connectivity index (χ4v) is 3.17. The van der Waals surface area contributed by atoms with Crippen molar-refractivity contribution in [2.45, 2.75) is 33.1 Å². The summed E-state index contributed by atoms with van der Waals surface area (Å²) in [7, 11) is 1.42. The lowest BCUT2D eigenvalue weighted by molar-refractivity contribution is 0.101. The zero-order chi connectivity index (χ0) is 22.7. The third-order valence-electron chi connectivity index (χ3n) is 4.43. The number of alkyl halides is 2. The van der Waals surface area contributed by atoms with Gasteiger partial charge in [-0.3, -0.25) is 9.48 Å².